The molecular formula is C15H19N5O2. The number of carbonyl (C=O) groups is 1. The van der Waals surface area contributed by atoms with Crippen LogP contribution in [0.4, 0.5) is 5.69 Å². The molecule has 0 unspecified atom stereocenters. The molecule has 3 rings (SSSR count). The summed E-state index contributed by atoms with van der Waals surface area (Å²) in [7, 11) is 0. The number of nitrogens with one attached hydrogen (secondary N) is 2. The Bertz CT molecular complexity index is 591. The maximum Gasteiger partial charge on any atom is 0.250 e. The van der Waals surface area contributed by atoms with E-state index in [1.54, 1.807) is 12.4 Å². The Morgan fingerprint density at radius 2 is 1.91 bits per heavy atom. The van der Waals surface area contributed by atoms with E-state index in [0.717, 1.165) is 37.3 Å². The van der Waals surface area contributed by atoms with Gasteiger partial charge in [0.2, 0.25) is 5.91 Å². The van der Waals surface area contributed by atoms with E-state index in [4.69, 9.17) is 4.74 Å². The van der Waals surface area contributed by atoms with E-state index in [-0.39, 0.29) is 18.6 Å². The highest BCUT2D eigenvalue weighted by Gasteiger charge is 2.14. The number of hydrogen-bond acceptors (Lipinski definition) is 5. The van der Waals surface area contributed by atoms with Gasteiger partial charge in [-0.25, -0.2) is 0 Å². The molecule has 2 heterocycles. The number of hydrogen-bond donors (Lipinski definition) is 2. The van der Waals surface area contributed by atoms with Crippen LogP contribution in [0.15, 0.2) is 36.7 Å². The zero-order chi connectivity index (χ0) is 15.2. The van der Waals surface area contributed by atoms with Crippen molar-refractivity contribution in [3.8, 4) is 5.69 Å². The standard InChI is InChI=1S/C15H19N5O2/c21-15(11-22-14-5-7-16-8-6-14)19-12-1-3-13(4-2-12)20-17-9-10-18-20/h1-4,9-10,14,16H,5-8,11H2,(H,19,21). The summed E-state index contributed by atoms with van der Waals surface area (Å²) in [5, 5.41) is 14.2. The first-order valence-electron chi connectivity index (χ1n) is 7.40. The van der Waals surface area contributed by atoms with Crippen molar-refractivity contribution in [3.63, 3.8) is 0 Å². The first-order chi connectivity index (χ1) is 10.8. The van der Waals surface area contributed by atoms with Gasteiger partial charge in [0.05, 0.1) is 24.2 Å². The van der Waals surface area contributed by atoms with Crippen LogP contribution in [-0.4, -0.2) is 46.7 Å². The molecule has 0 saturated carbocycles. The van der Waals surface area contributed by atoms with Gasteiger partial charge in [0.15, 0.2) is 0 Å². The Kier molecular flexibility index (Phi) is 4.77. The molecule has 0 atom stereocenters. The zero-order valence-corrected chi connectivity index (χ0v) is 12.2. The zero-order valence-electron chi connectivity index (χ0n) is 12.2. The van der Waals surface area contributed by atoms with E-state index in [2.05, 4.69) is 20.8 Å². The highest BCUT2D eigenvalue weighted by atomic mass is 16.5. The van der Waals surface area contributed by atoms with Crippen molar-refractivity contribution < 1.29 is 9.53 Å². The number of aromatic nitrogens is 3. The molecule has 116 valence electrons. The van der Waals surface area contributed by atoms with Crippen LogP contribution in [0.25, 0.3) is 5.69 Å². The number of amides is 1. The molecule has 0 spiro atoms. The lowest BCUT2D eigenvalue weighted by molar-refractivity contribution is -0.123. The van der Waals surface area contributed by atoms with E-state index in [9.17, 15) is 4.79 Å². The lowest BCUT2D eigenvalue weighted by atomic mass is 10.1. The number of ether oxygens (including phenoxy) is 1. The fraction of sp³-hybridized carbons (Fsp3) is 0.400. The maximum absolute atomic E-state index is 11.9. The van der Waals surface area contributed by atoms with Gasteiger partial charge in [0, 0.05) is 5.69 Å². The number of rotatable bonds is 5. The Hall–Kier alpha value is -2.25. The van der Waals surface area contributed by atoms with Crippen LogP contribution in [-0.2, 0) is 9.53 Å². The van der Waals surface area contributed by atoms with Gasteiger partial charge in [-0.15, -0.1) is 0 Å². The van der Waals surface area contributed by atoms with Crippen molar-refractivity contribution in [1.29, 1.82) is 0 Å². The third-order valence-electron chi connectivity index (χ3n) is 3.54. The first-order valence-corrected chi connectivity index (χ1v) is 7.40. The molecule has 1 saturated heterocycles. The van der Waals surface area contributed by atoms with Gasteiger partial charge in [0.1, 0.15) is 6.61 Å². The van der Waals surface area contributed by atoms with Gasteiger partial charge in [-0.2, -0.15) is 15.0 Å². The summed E-state index contributed by atoms with van der Waals surface area (Å²) in [6.07, 6.45) is 5.33. The Balaban J connectivity index is 1.48. The van der Waals surface area contributed by atoms with Crippen molar-refractivity contribution in [1.82, 2.24) is 20.3 Å². The highest BCUT2D eigenvalue weighted by Crippen LogP contribution is 2.12. The maximum atomic E-state index is 11.9. The van der Waals surface area contributed by atoms with Gasteiger partial charge in [-0.1, -0.05) is 0 Å². The van der Waals surface area contributed by atoms with Crippen LogP contribution in [0.2, 0.25) is 0 Å². The second-order valence-electron chi connectivity index (χ2n) is 5.17. The normalized spacial score (nSPS) is 15.6. The Labute approximate surface area is 128 Å². The summed E-state index contributed by atoms with van der Waals surface area (Å²) in [6, 6.07) is 7.34. The summed E-state index contributed by atoms with van der Waals surface area (Å²) in [5.74, 6) is -0.136. The van der Waals surface area contributed by atoms with Crippen LogP contribution in [0.1, 0.15) is 12.8 Å². The van der Waals surface area contributed by atoms with Crippen molar-refractivity contribution in [3.05, 3.63) is 36.7 Å². The quantitative estimate of drug-likeness (QED) is 0.860. The third-order valence-corrected chi connectivity index (χ3v) is 3.54. The van der Waals surface area contributed by atoms with Gasteiger partial charge >= 0.3 is 0 Å². The molecule has 0 aliphatic carbocycles. The summed E-state index contributed by atoms with van der Waals surface area (Å²) >= 11 is 0. The number of carbonyl (C=O) groups excluding carboxylic acids is 1. The van der Waals surface area contributed by atoms with Gasteiger partial charge in [0.25, 0.3) is 0 Å². The molecule has 1 amide bonds. The van der Waals surface area contributed by atoms with E-state index >= 15 is 0 Å². The summed E-state index contributed by atoms with van der Waals surface area (Å²) < 4.78 is 5.62. The molecule has 7 heteroatoms. The summed E-state index contributed by atoms with van der Waals surface area (Å²) in [5.41, 5.74) is 1.57. The lowest BCUT2D eigenvalue weighted by Crippen LogP contribution is -2.34. The average Bonchev–Trinajstić information content (AvgIpc) is 3.09. The fourth-order valence-corrected chi connectivity index (χ4v) is 2.38. The van der Waals surface area contributed by atoms with Crippen LogP contribution < -0.4 is 10.6 Å². The molecule has 1 aliphatic heterocycles. The lowest BCUT2D eigenvalue weighted by Gasteiger charge is -2.22. The van der Waals surface area contributed by atoms with Crippen molar-refractivity contribution in [2.24, 2.45) is 0 Å². The van der Waals surface area contributed by atoms with Crippen molar-refractivity contribution >= 4 is 11.6 Å². The molecule has 2 aromatic rings. The molecule has 1 aliphatic rings. The molecule has 1 fully saturated rings. The summed E-state index contributed by atoms with van der Waals surface area (Å²) in [4.78, 5) is 13.4. The molecular weight excluding hydrogens is 282 g/mol. The van der Waals surface area contributed by atoms with Gasteiger partial charge in [-0.3, -0.25) is 4.79 Å². The van der Waals surface area contributed by atoms with Crippen molar-refractivity contribution in [2.45, 2.75) is 18.9 Å². The van der Waals surface area contributed by atoms with E-state index in [1.807, 2.05) is 24.3 Å². The third kappa shape index (κ3) is 3.90. The number of nitrogens with zero attached hydrogens (tertiary/aromatic N) is 3. The molecule has 22 heavy (non-hydrogen) atoms. The average molecular weight is 301 g/mol. The van der Waals surface area contributed by atoms with Crippen LogP contribution in [0.3, 0.4) is 0 Å². The highest BCUT2D eigenvalue weighted by molar-refractivity contribution is 5.91. The molecule has 0 radical (unpaired) electrons. The second kappa shape index (κ2) is 7.15. The minimum absolute atomic E-state index is 0.0904. The predicted octanol–water partition coefficient (Wildman–Crippen LogP) is 0.974. The van der Waals surface area contributed by atoms with E-state index in [0.29, 0.717) is 0 Å². The number of anilines is 1. The van der Waals surface area contributed by atoms with E-state index < -0.39 is 0 Å². The molecule has 1 aromatic carbocycles. The van der Waals surface area contributed by atoms with Crippen LogP contribution >= 0.6 is 0 Å². The van der Waals surface area contributed by atoms with Gasteiger partial charge in [-0.05, 0) is 50.2 Å². The molecule has 7 nitrogen and oxygen atoms in total. The Morgan fingerprint density at radius 1 is 1.23 bits per heavy atom. The summed E-state index contributed by atoms with van der Waals surface area (Å²) in [6.45, 7) is 2.00. The number of piperidine rings is 1. The topological polar surface area (TPSA) is 81.1 Å². The largest absolute Gasteiger partial charge is 0.368 e. The smallest absolute Gasteiger partial charge is 0.250 e. The van der Waals surface area contributed by atoms with Crippen LogP contribution in [0.5, 0.6) is 0 Å². The minimum Gasteiger partial charge on any atom is -0.368 e. The van der Waals surface area contributed by atoms with Crippen molar-refractivity contribution in [2.75, 3.05) is 25.0 Å². The monoisotopic (exact) mass is 301 g/mol. The van der Waals surface area contributed by atoms with Gasteiger partial charge < -0.3 is 15.4 Å². The van der Waals surface area contributed by atoms with Crippen LogP contribution in [0, 0.1) is 0 Å². The number of benzene rings is 1. The molecule has 2 N–H and O–H groups in total. The first kappa shape index (κ1) is 14.7. The molecule has 1 aromatic heterocycles. The Morgan fingerprint density at radius 3 is 2.59 bits per heavy atom. The SMILES string of the molecule is O=C(COC1CCNCC1)Nc1ccc(-n2nccn2)cc1. The fourth-order valence-electron chi connectivity index (χ4n) is 2.38. The van der Waals surface area contributed by atoms with E-state index in [1.165, 1.54) is 4.80 Å². The second-order valence-corrected chi connectivity index (χ2v) is 5.17. The molecule has 0 bridgehead atoms. The minimum atomic E-state index is -0.136. The predicted molar refractivity (Wildman–Crippen MR) is 81.8 cm³/mol.